The van der Waals surface area contributed by atoms with Gasteiger partial charge in [-0.2, -0.15) is 0 Å². The standard InChI is InChI=1S/C28H37N3O6/c1-19(2)17-35-23-12-21-13-24(14-23)37-22-6-4-5-20(11-22)18-36-26-15-31(9-10-32)8-7-25(26)29-27(33)16-30(3)28(21)34/h4-6,11-14,19,25-26,32H,7-10,15-18H2,1-3H3,(H,29,33)/t25-,26-/m0/s1. The summed E-state index contributed by atoms with van der Waals surface area (Å²) in [6.07, 6.45) is 0.437. The molecule has 9 heteroatoms. The first-order valence-electron chi connectivity index (χ1n) is 12.8. The Morgan fingerprint density at radius 1 is 1.16 bits per heavy atom. The molecule has 1 saturated heterocycles. The fourth-order valence-electron chi connectivity index (χ4n) is 4.56. The number of fused-ring (bicyclic) bond motifs is 5. The van der Waals surface area contributed by atoms with Crippen LogP contribution in [0.5, 0.6) is 17.2 Å². The molecule has 0 aliphatic carbocycles. The van der Waals surface area contributed by atoms with E-state index in [1.165, 1.54) is 4.90 Å². The third-order valence-corrected chi connectivity index (χ3v) is 6.44. The molecule has 200 valence electrons. The van der Waals surface area contributed by atoms with E-state index >= 15 is 0 Å². The van der Waals surface area contributed by atoms with Crippen molar-refractivity contribution in [2.24, 2.45) is 5.92 Å². The second kappa shape index (κ2) is 12.4. The summed E-state index contributed by atoms with van der Waals surface area (Å²) in [5.74, 6) is 1.39. The molecule has 4 bridgehead atoms. The number of likely N-dealkylation sites (N-methyl/N-ethyl adjacent to an activating group) is 1. The van der Waals surface area contributed by atoms with Crippen molar-refractivity contribution in [3.05, 3.63) is 53.6 Å². The van der Waals surface area contributed by atoms with Crippen LogP contribution in [0.25, 0.3) is 0 Å². The van der Waals surface area contributed by atoms with Crippen LogP contribution >= 0.6 is 0 Å². The molecule has 2 aliphatic heterocycles. The van der Waals surface area contributed by atoms with Gasteiger partial charge in [-0.25, -0.2) is 0 Å². The Morgan fingerprint density at radius 3 is 2.78 bits per heavy atom. The fraction of sp³-hybridized carbons (Fsp3) is 0.500. The molecule has 4 rings (SSSR count). The molecule has 2 aromatic carbocycles. The van der Waals surface area contributed by atoms with E-state index in [-0.39, 0.29) is 37.1 Å². The van der Waals surface area contributed by atoms with Crippen LogP contribution in [0.4, 0.5) is 0 Å². The minimum absolute atomic E-state index is 0.0699. The van der Waals surface area contributed by atoms with Gasteiger partial charge < -0.3 is 29.5 Å². The first-order chi connectivity index (χ1) is 17.8. The lowest BCUT2D eigenvalue weighted by atomic mass is 10.0. The summed E-state index contributed by atoms with van der Waals surface area (Å²) >= 11 is 0. The number of carbonyl (C=O) groups is 2. The van der Waals surface area contributed by atoms with E-state index in [0.717, 1.165) is 12.1 Å². The Kier molecular flexibility index (Phi) is 9.02. The lowest BCUT2D eigenvalue weighted by Gasteiger charge is -2.38. The summed E-state index contributed by atoms with van der Waals surface area (Å²) in [5.41, 5.74) is 1.31. The highest BCUT2D eigenvalue weighted by atomic mass is 16.5. The van der Waals surface area contributed by atoms with Gasteiger partial charge in [0.1, 0.15) is 17.2 Å². The summed E-state index contributed by atoms with van der Waals surface area (Å²) in [5, 5.41) is 12.5. The Morgan fingerprint density at radius 2 is 2.00 bits per heavy atom. The number of aliphatic hydroxyl groups is 1. The highest BCUT2D eigenvalue weighted by Gasteiger charge is 2.31. The Balaban J connectivity index is 1.64. The molecule has 0 spiro atoms. The van der Waals surface area contributed by atoms with Gasteiger partial charge in [0.2, 0.25) is 5.91 Å². The van der Waals surface area contributed by atoms with Gasteiger partial charge in [0.05, 0.1) is 38.5 Å². The van der Waals surface area contributed by atoms with E-state index in [1.807, 2.05) is 24.3 Å². The summed E-state index contributed by atoms with van der Waals surface area (Å²) in [6.45, 7) is 6.84. The molecule has 2 heterocycles. The number of hydrogen-bond acceptors (Lipinski definition) is 7. The molecule has 2 atom stereocenters. The average molecular weight is 512 g/mol. The highest BCUT2D eigenvalue weighted by Crippen LogP contribution is 2.29. The maximum absolute atomic E-state index is 13.3. The number of amides is 2. The predicted molar refractivity (Wildman–Crippen MR) is 139 cm³/mol. The molecule has 0 aromatic heterocycles. The Labute approximate surface area is 218 Å². The highest BCUT2D eigenvalue weighted by molar-refractivity contribution is 5.97. The Hall–Kier alpha value is -3.14. The van der Waals surface area contributed by atoms with Crippen LogP contribution in [-0.2, 0) is 16.1 Å². The molecule has 9 nitrogen and oxygen atoms in total. The molecule has 2 amide bonds. The van der Waals surface area contributed by atoms with Crippen LogP contribution in [-0.4, -0.2) is 85.3 Å². The maximum Gasteiger partial charge on any atom is 0.254 e. The molecular weight excluding hydrogens is 474 g/mol. The molecule has 1 fully saturated rings. The molecule has 2 aliphatic rings. The van der Waals surface area contributed by atoms with E-state index in [2.05, 4.69) is 24.1 Å². The van der Waals surface area contributed by atoms with E-state index < -0.39 is 0 Å². The second-order valence-electron chi connectivity index (χ2n) is 10.1. The van der Waals surface area contributed by atoms with Gasteiger partial charge in [-0.15, -0.1) is 0 Å². The minimum atomic E-state index is -0.304. The third kappa shape index (κ3) is 7.44. The van der Waals surface area contributed by atoms with Gasteiger partial charge in [-0.05, 0) is 42.2 Å². The first-order valence-corrected chi connectivity index (χ1v) is 12.8. The van der Waals surface area contributed by atoms with Crippen molar-refractivity contribution in [3.8, 4) is 17.2 Å². The zero-order chi connectivity index (χ0) is 26.4. The molecular formula is C28H37N3O6. The minimum Gasteiger partial charge on any atom is -0.493 e. The number of likely N-dealkylation sites (tertiary alicyclic amines) is 1. The number of piperidine rings is 1. The lowest BCUT2D eigenvalue weighted by Crippen LogP contribution is -2.56. The zero-order valence-electron chi connectivity index (χ0n) is 21.8. The fourth-order valence-corrected chi connectivity index (χ4v) is 4.56. The van der Waals surface area contributed by atoms with Crippen molar-refractivity contribution in [2.45, 2.75) is 39.0 Å². The summed E-state index contributed by atoms with van der Waals surface area (Å²) < 4.78 is 18.3. The third-order valence-electron chi connectivity index (χ3n) is 6.44. The van der Waals surface area contributed by atoms with E-state index in [4.69, 9.17) is 14.2 Å². The van der Waals surface area contributed by atoms with Crippen LogP contribution in [0.15, 0.2) is 42.5 Å². The van der Waals surface area contributed by atoms with E-state index in [1.54, 1.807) is 25.2 Å². The van der Waals surface area contributed by atoms with Gasteiger partial charge in [0, 0.05) is 38.3 Å². The average Bonchev–Trinajstić information content (AvgIpc) is 2.86. The van der Waals surface area contributed by atoms with Crippen molar-refractivity contribution < 1.29 is 28.9 Å². The number of benzene rings is 2. The summed E-state index contributed by atoms with van der Waals surface area (Å²) in [6, 6.07) is 12.5. The van der Waals surface area contributed by atoms with Crippen molar-refractivity contribution in [2.75, 3.05) is 46.4 Å². The van der Waals surface area contributed by atoms with Crippen molar-refractivity contribution in [1.29, 1.82) is 0 Å². The number of aliphatic hydroxyl groups excluding tert-OH is 1. The van der Waals surface area contributed by atoms with Crippen LogP contribution in [0, 0.1) is 5.92 Å². The molecule has 0 radical (unpaired) electrons. The van der Waals surface area contributed by atoms with E-state index in [9.17, 15) is 14.7 Å². The van der Waals surface area contributed by atoms with Crippen LogP contribution in [0.2, 0.25) is 0 Å². The number of β-amino-alcohol motifs (C(OH)–C–C–N with tert-alkyl or cyclic N) is 1. The zero-order valence-corrected chi connectivity index (χ0v) is 21.8. The predicted octanol–water partition coefficient (Wildman–Crippen LogP) is 2.67. The molecule has 2 aromatic rings. The van der Waals surface area contributed by atoms with Crippen LogP contribution in [0.1, 0.15) is 36.2 Å². The number of nitrogens with zero attached hydrogens (tertiary/aromatic N) is 2. The van der Waals surface area contributed by atoms with Crippen molar-refractivity contribution >= 4 is 11.8 Å². The van der Waals surface area contributed by atoms with Gasteiger partial charge >= 0.3 is 0 Å². The topological polar surface area (TPSA) is 101 Å². The van der Waals surface area contributed by atoms with Crippen molar-refractivity contribution in [3.63, 3.8) is 0 Å². The lowest BCUT2D eigenvalue weighted by molar-refractivity contribution is -0.124. The van der Waals surface area contributed by atoms with Gasteiger partial charge in [-0.3, -0.25) is 14.5 Å². The van der Waals surface area contributed by atoms with Crippen molar-refractivity contribution in [1.82, 2.24) is 15.1 Å². The van der Waals surface area contributed by atoms with Crippen LogP contribution < -0.4 is 14.8 Å². The molecule has 0 saturated carbocycles. The van der Waals surface area contributed by atoms with Crippen LogP contribution in [0.3, 0.4) is 0 Å². The number of rotatable bonds is 5. The number of hydrogen-bond donors (Lipinski definition) is 2. The van der Waals surface area contributed by atoms with E-state index in [0.29, 0.717) is 61.5 Å². The van der Waals surface area contributed by atoms with Gasteiger partial charge in [0.25, 0.3) is 5.91 Å². The monoisotopic (exact) mass is 511 g/mol. The number of ether oxygens (including phenoxy) is 3. The molecule has 0 unspecified atom stereocenters. The maximum atomic E-state index is 13.3. The second-order valence-corrected chi connectivity index (χ2v) is 10.1. The molecule has 2 N–H and O–H groups in total. The number of nitrogens with one attached hydrogen (secondary N) is 1. The van der Waals surface area contributed by atoms with Gasteiger partial charge in [0.15, 0.2) is 0 Å². The largest absolute Gasteiger partial charge is 0.493 e. The molecule has 37 heavy (non-hydrogen) atoms. The normalized spacial score (nSPS) is 21.3. The SMILES string of the molecule is CC(C)COc1cc2cc(c1)C(=O)N(C)CC(=O)N[C@H]1CCN(CCO)C[C@@H]1OCc1cccc(c1)O2. The summed E-state index contributed by atoms with van der Waals surface area (Å²) in [7, 11) is 1.61. The quantitative estimate of drug-likeness (QED) is 0.637. The van der Waals surface area contributed by atoms with Gasteiger partial charge in [-0.1, -0.05) is 26.0 Å². The smallest absolute Gasteiger partial charge is 0.254 e. The first kappa shape index (κ1) is 26.9. The summed E-state index contributed by atoms with van der Waals surface area (Å²) in [4.78, 5) is 29.8. The number of carbonyl (C=O) groups excluding carboxylic acids is 2. The Bertz CT molecular complexity index is 1090.